The molecule has 3 amide bonds. The first-order chi connectivity index (χ1) is 14.5. The lowest BCUT2D eigenvalue weighted by Crippen LogP contribution is -2.58. The molecule has 0 radical (unpaired) electrons. The molecule has 0 aliphatic heterocycles. The van der Waals surface area contributed by atoms with Gasteiger partial charge in [-0.1, -0.05) is 55.4 Å². The van der Waals surface area contributed by atoms with Gasteiger partial charge in [0.15, 0.2) is 0 Å². The minimum absolute atomic E-state index is 0.105. The molecule has 0 aromatic heterocycles. The van der Waals surface area contributed by atoms with Gasteiger partial charge in [-0.05, 0) is 30.6 Å². The first kappa shape index (κ1) is 29.9. The molecule has 3 atom stereocenters. The molecule has 186 valence electrons. The van der Waals surface area contributed by atoms with E-state index in [-0.39, 0.29) is 35.5 Å². The lowest BCUT2D eigenvalue weighted by molar-refractivity contribution is -0.157. The summed E-state index contributed by atoms with van der Waals surface area (Å²) in [7, 11) is 4.69. The van der Waals surface area contributed by atoms with E-state index in [2.05, 4.69) is 0 Å². The van der Waals surface area contributed by atoms with E-state index in [1.165, 1.54) is 21.7 Å². The van der Waals surface area contributed by atoms with Gasteiger partial charge in [0.2, 0.25) is 17.7 Å². The zero-order valence-electron chi connectivity index (χ0n) is 21.9. The fourth-order valence-electron chi connectivity index (χ4n) is 3.96. The third-order valence-corrected chi connectivity index (χ3v) is 5.73. The molecule has 0 saturated heterocycles. The van der Waals surface area contributed by atoms with E-state index in [0.717, 1.165) is 0 Å². The molecule has 0 aliphatic rings. The van der Waals surface area contributed by atoms with Crippen molar-refractivity contribution in [2.45, 2.75) is 86.4 Å². The Morgan fingerprint density at radius 2 is 0.969 bits per heavy atom. The van der Waals surface area contributed by atoms with E-state index < -0.39 is 30.0 Å². The molecule has 0 saturated carbocycles. The van der Waals surface area contributed by atoms with Gasteiger partial charge in [-0.25, -0.2) is 4.79 Å². The maximum absolute atomic E-state index is 13.6. The summed E-state index contributed by atoms with van der Waals surface area (Å²) in [5.41, 5.74) is 0. The largest absolute Gasteiger partial charge is 0.480 e. The Morgan fingerprint density at radius 3 is 1.25 bits per heavy atom. The van der Waals surface area contributed by atoms with Gasteiger partial charge in [-0.15, -0.1) is 0 Å². The van der Waals surface area contributed by atoms with Crippen LogP contribution in [0, 0.1) is 23.7 Å². The Kier molecular flexibility index (Phi) is 12.0. The average molecular weight is 456 g/mol. The van der Waals surface area contributed by atoms with Crippen LogP contribution in [0.1, 0.15) is 68.2 Å². The molecule has 3 unspecified atom stereocenters. The Hall–Kier alpha value is -2.12. The van der Waals surface area contributed by atoms with E-state index in [1.54, 1.807) is 41.8 Å². The molecule has 8 heteroatoms. The zero-order chi connectivity index (χ0) is 25.5. The van der Waals surface area contributed by atoms with Crippen molar-refractivity contribution < 1.29 is 24.3 Å². The van der Waals surface area contributed by atoms with Gasteiger partial charge in [0.1, 0.15) is 18.1 Å². The third kappa shape index (κ3) is 8.10. The number of aliphatic carboxylic acids is 1. The fraction of sp³-hybridized carbons (Fsp3) is 0.833. The number of carbonyl (C=O) groups is 4. The summed E-state index contributed by atoms with van der Waals surface area (Å²) in [5.74, 6) is -2.19. The highest BCUT2D eigenvalue weighted by molar-refractivity contribution is 5.93. The van der Waals surface area contributed by atoms with Crippen LogP contribution < -0.4 is 0 Å². The van der Waals surface area contributed by atoms with E-state index in [1.807, 2.05) is 27.7 Å². The monoisotopic (exact) mass is 455 g/mol. The van der Waals surface area contributed by atoms with Gasteiger partial charge >= 0.3 is 5.97 Å². The molecule has 0 bridgehead atoms. The number of rotatable bonds is 12. The normalized spacial score (nSPS) is 14.5. The van der Waals surface area contributed by atoms with Crippen molar-refractivity contribution in [3.8, 4) is 0 Å². The molecular weight excluding hydrogens is 410 g/mol. The van der Waals surface area contributed by atoms with Gasteiger partial charge in [0.05, 0.1) is 0 Å². The number of hydrogen-bond acceptors (Lipinski definition) is 4. The van der Waals surface area contributed by atoms with E-state index in [9.17, 15) is 24.3 Å². The molecule has 0 spiro atoms. The summed E-state index contributed by atoms with van der Waals surface area (Å²) < 4.78 is 0. The number of amides is 3. The molecule has 0 fully saturated rings. The Labute approximate surface area is 194 Å². The topological polar surface area (TPSA) is 98.2 Å². The molecule has 0 aromatic carbocycles. The molecule has 32 heavy (non-hydrogen) atoms. The van der Waals surface area contributed by atoms with Crippen LogP contribution in [0.2, 0.25) is 0 Å². The van der Waals surface area contributed by atoms with Crippen LogP contribution >= 0.6 is 0 Å². The van der Waals surface area contributed by atoms with Crippen molar-refractivity contribution in [1.29, 1.82) is 0 Å². The summed E-state index contributed by atoms with van der Waals surface area (Å²) >= 11 is 0. The number of carboxylic acid groups (broad SMARTS) is 1. The Balaban J connectivity index is 6.09. The predicted molar refractivity (Wildman–Crippen MR) is 126 cm³/mol. The predicted octanol–water partition coefficient (Wildman–Crippen LogP) is 2.96. The number of likely N-dealkylation sites (N-methyl/N-ethyl adjacent to an activating group) is 3. The van der Waals surface area contributed by atoms with Crippen LogP contribution in [0.5, 0.6) is 0 Å². The van der Waals surface area contributed by atoms with Crippen molar-refractivity contribution in [2.24, 2.45) is 23.7 Å². The Morgan fingerprint density at radius 1 is 0.625 bits per heavy atom. The third-order valence-electron chi connectivity index (χ3n) is 5.73. The van der Waals surface area contributed by atoms with Crippen LogP contribution in [0.15, 0.2) is 0 Å². The highest BCUT2D eigenvalue weighted by Gasteiger charge is 2.39. The van der Waals surface area contributed by atoms with Crippen molar-refractivity contribution in [3.63, 3.8) is 0 Å². The molecule has 0 rings (SSSR count). The average Bonchev–Trinajstić information content (AvgIpc) is 2.66. The number of hydrogen-bond donors (Lipinski definition) is 1. The van der Waals surface area contributed by atoms with Gasteiger partial charge in [0.25, 0.3) is 0 Å². The lowest BCUT2D eigenvalue weighted by atomic mass is 9.96. The first-order valence-electron chi connectivity index (χ1n) is 11.6. The maximum atomic E-state index is 13.6. The summed E-state index contributed by atoms with van der Waals surface area (Å²) in [6.45, 7) is 15.0. The standard InChI is InChI=1S/C24H45N3O5/c1-14(2)12-18(25(9)21(28)17(7)8)22(29)26(10)19(13-15(3)4)23(30)27(11)20(16(5)6)24(31)32/h14-20H,12-13H2,1-11H3,(H,31,32). The van der Waals surface area contributed by atoms with Gasteiger partial charge in [0, 0.05) is 27.1 Å². The van der Waals surface area contributed by atoms with E-state index in [0.29, 0.717) is 12.8 Å². The minimum Gasteiger partial charge on any atom is -0.480 e. The highest BCUT2D eigenvalue weighted by Crippen LogP contribution is 2.21. The second kappa shape index (κ2) is 12.8. The van der Waals surface area contributed by atoms with Crippen molar-refractivity contribution in [3.05, 3.63) is 0 Å². The summed E-state index contributed by atoms with van der Waals surface area (Å²) in [6, 6.07) is -2.49. The van der Waals surface area contributed by atoms with Crippen LogP contribution in [0.4, 0.5) is 0 Å². The quantitative estimate of drug-likeness (QED) is 0.488. The van der Waals surface area contributed by atoms with Crippen LogP contribution in [-0.4, -0.2) is 82.8 Å². The second-order valence-electron chi connectivity index (χ2n) is 10.3. The van der Waals surface area contributed by atoms with Crippen LogP contribution in [0.25, 0.3) is 0 Å². The van der Waals surface area contributed by atoms with Crippen molar-refractivity contribution >= 4 is 23.7 Å². The van der Waals surface area contributed by atoms with Crippen molar-refractivity contribution in [1.82, 2.24) is 14.7 Å². The molecule has 0 heterocycles. The molecule has 0 aromatic rings. The van der Waals surface area contributed by atoms with Gasteiger partial charge in [-0.2, -0.15) is 0 Å². The zero-order valence-corrected chi connectivity index (χ0v) is 21.9. The number of carboxylic acids is 1. The van der Waals surface area contributed by atoms with Crippen molar-refractivity contribution in [2.75, 3.05) is 21.1 Å². The fourth-order valence-corrected chi connectivity index (χ4v) is 3.96. The maximum Gasteiger partial charge on any atom is 0.326 e. The van der Waals surface area contributed by atoms with Crippen LogP contribution in [0.3, 0.4) is 0 Å². The smallest absolute Gasteiger partial charge is 0.326 e. The summed E-state index contributed by atoms with van der Waals surface area (Å²) in [6.07, 6.45) is 0.867. The SMILES string of the molecule is CC(C)CC(C(=O)N(C)C(CC(C)C)C(=O)N(C)C(C(=O)O)C(C)C)N(C)C(=O)C(C)C. The summed E-state index contributed by atoms with van der Waals surface area (Å²) in [4.78, 5) is 55.5. The first-order valence-corrected chi connectivity index (χ1v) is 11.6. The molecule has 8 nitrogen and oxygen atoms in total. The molecular formula is C24H45N3O5. The van der Waals surface area contributed by atoms with Crippen LogP contribution in [-0.2, 0) is 19.2 Å². The lowest BCUT2D eigenvalue weighted by Gasteiger charge is -2.38. The van der Waals surface area contributed by atoms with E-state index >= 15 is 0 Å². The van der Waals surface area contributed by atoms with E-state index in [4.69, 9.17) is 0 Å². The van der Waals surface area contributed by atoms with Gasteiger partial charge < -0.3 is 19.8 Å². The second-order valence-corrected chi connectivity index (χ2v) is 10.3. The highest BCUT2D eigenvalue weighted by atomic mass is 16.4. The molecule has 0 aliphatic carbocycles. The number of carbonyl (C=O) groups excluding carboxylic acids is 3. The Bertz CT molecular complexity index is 660. The minimum atomic E-state index is -1.08. The number of nitrogens with zero attached hydrogens (tertiary/aromatic N) is 3. The molecule has 1 N–H and O–H groups in total. The van der Waals surface area contributed by atoms with Gasteiger partial charge in [-0.3, -0.25) is 14.4 Å². The summed E-state index contributed by atoms with van der Waals surface area (Å²) in [5, 5.41) is 9.63.